The van der Waals surface area contributed by atoms with Crippen LogP contribution in [0.3, 0.4) is 0 Å². The van der Waals surface area contributed by atoms with Gasteiger partial charge in [-0.2, -0.15) is 5.10 Å². The van der Waals surface area contributed by atoms with Crippen LogP contribution in [0.15, 0.2) is 64.2 Å². The van der Waals surface area contributed by atoms with E-state index in [0.29, 0.717) is 34.7 Å². The number of aromatic nitrogens is 4. The maximum atomic E-state index is 13.4. The van der Waals surface area contributed by atoms with Crippen LogP contribution in [0, 0.1) is 5.92 Å². The molecule has 0 radical (unpaired) electrons. The van der Waals surface area contributed by atoms with Gasteiger partial charge in [0.15, 0.2) is 11.4 Å². The van der Waals surface area contributed by atoms with Gasteiger partial charge in [-0.05, 0) is 87.7 Å². The van der Waals surface area contributed by atoms with Crippen molar-refractivity contribution in [2.24, 2.45) is 5.92 Å². The third-order valence-corrected chi connectivity index (χ3v) is 11.8. The first-order chi connectivity index (χ1) is 26.8. The number of amides is 4. The molecule has 9 rings (SSSR count). The minimum atomic E-state index is -0.474. The van der Waals surface area contributed by atoms with Gasteiger partial charge in [0.05, 0.1) is 29.6 Å². The van der Waals surface area contributed by atoms with Crippen LogP contribution in [-0.2, 0) is 4.79 Å². The predicted molar refractivity (Wildman–Crippen MR) is 207 cm³/mol. The Morgan fingerprint density at radius 3 is 2.53 bits per heavy atom. The molecule has 3 aromatic heterocycles. The van der Waals surface area contributed by atoms with Gasteiger partial charge in [0.25, 0.3) is 11.5 Å². The van der Waals surface area contributed by atoms with Crippen molar-refractivity contribution in [1.82, 2.24) is 29.7 Å². The van der Waals surface area contributed by atoms with E-state index in [-0.39, 0.29) is 42.1 Å². The molecule has 0 spiro atoms. The van der Waals surface area contributed by atoms with E-state index in [1.165, 1.54) is 11.3 Å². The van der Waals surface area contributed by atoms with Crippen LogP contribution in [-0.4, -0.2) is 88.6 Å². The molecule has 2 aliphatic heterocycles. The summed E-state index contributed by atoms with van der Waals surface area (Å²) in [5, 5.41) is 15.8. The average molecular weight is 748 g/mol. The zero-order chi connectivity index (χ0) is 37.6. The Kier molecular flexibility index (Phi) is 9.24. The van der Waals surface area contributed by atoms with Gasteiger partial charge in [-0.15, -0.1) is 0 Å². The molecule has 5 aromatic rings. The van der Waals surface area contributed by atoms with E-state index >= 15 is 0 Å². The van der Waals surface area contributed by atoms with Gasteiger partial charge in [0.1, 0.15) is 11.4 Å². The van der Waals surface area contributed by atoms with Crippen molar-refractivity contribution in [3.63, 3.8) is 0 Å². The molecule has 2 aliphatic carbocycles. The van der Waals surface area contributed by atoms with E-state index in [2.05, 4.69) is 36.3 Å². The minimum absolute atomic E-state index is 0.188. The highest BCUT2D eigenvalue weighted by molar-refractivity contribution is 6.09. The summed E-state index contributed by atoms with van der Waals surface area (Å²) in [6.45, 7) is 5.18. The number of urea groups is 1. The number of hydrogen-bond acceptors (Lipinski definition) is 10. The summed E-state index contributed by atoms with van der Waals surface area (Å²) in [6, 6.07) is 13.1. The van der Waals surface area contributed by atoms with Gasteiger partial charge < -0.3 is 24.0 Å². The molecule has 2 saturated carbocycles. The number of nitrogens with one attached hydrogen (secondary N) is 2. The second-order valence-corrected chi connectivity index (χ2v) is 15.3. The molecule has 15 nitrogen and oxygen atoms in total. The lowest BCUT2D eigenvalue weighted by Crippen LogP contribution is -2.49. The third-order valence-electron chi connectivity index (χ3n) is 11.8. The molecule has 2 N–H and O–H groups in total. The number of hydrogen-bond donors (Lipinski definition) is 2. The van der Waals surface area contributed by atoms with Gasteiger partial charge >= 0.3 is 6.03 Å². The molecule has 0 unspecified atom stereocenters. The summed E-state index contributed by atoms with van der Waals surface area (Å²) in [4.78, 5) is 56.6. The number of benzene rings is 2. The quantitative estimate of drug-likeness (QED) is 0.191. The summed E-state index contributed by atoms with van der Waals surface area (Å²) in [6.07, 6.45) is 11.6. The lowest BCUT2D eigenvalue weighted by molar-refractivity contribution is -0.120. The summed E-state index contributed by atoms with van der Waals surface area (Å²) in [7, 11) is 1.54. The summed E-state index contributed by atoms with van der Waals surface area (Å²) in [5.74, 6) is 0.879. The number of methoxy groups -OCH3 is 1. The Hall–Kier alpha value is -5.70. The minimum Gasteiger partial charge on any atom is -0.496 e. The first kappa shape index (κ1) is 35.0. The van der Waals surface area contributed by atoms with E-state index in [1.807, 2.05) is 30.5 Å². The van der Waals surface area contributed by atoms with E-state index in [4.69, 9.17) is 14.4 Å². The fraction of sp³-hybridized carbons (Fsp3) is 0.450. The summed E-state index contributed by atoms with van der Waals surface area (Å²) in [5.41, 5.74) is 2.92. The number of piperazine rings is 1. The van der Waals surface area contributed by atoms with E-state index in [0.717, 1.165) is 93.2 Å². The molecular formula is C40H45N9O6. The van der Waals surface area contributed by atoms with Crippen molar-refractivity contribution >= 4 is 56.9 Å². The van der Waals surface area contributed by atoms with Gasteiger partial charge in [0.2, 0.25) is 5.91 Å². The van der Waals surface area contributed by atoms with Crippen molar-refractivity contribution < 1.29 is 23.6 Å². The standard InChI is InChI=1S/C40H45N9O6/c1-54-34-23-33-26(21-31(34)38(51)41-32-3-2-14-47(39(32)52)27-8-9-27)24-49(43-33)28-6-4-25(5-7-28)12-15-45-17-19-46(20-18-45)29-10-11-30-35(22-29)55-44-37(30)48-16-13-36(50)42-40(48)53/h2-3,10-11,14,21-25,27-28H,4-9,12-13,15-20H2,1H3,(H,41,51)(H,42,50,53). The van der Waals surface area contributed by atoms with Crippen LogP contribution in [0.1, 0.15) is 73.8 Å². The largest absolute Gasteiger partial charge is 0.496 e. The molecule has 286 valence electrons. The summed E-state index contributed by atoms with van der Waals surface area (Å²) < 4.78 is 15.0. The Bertz CT molecular complexity index is 2330. The number of ether oxygens (including phenoxy) is 1. The van der Waals surface area contributed by atoms with E-state index in [1.54, 1.807) is 30.0 Å². The van der Waals surface area contributed by atoms with Crippen LogP contribution >= 0.6 is 0 Å². The molecule has 5 heterocycles. The van der Waals surface area contributed by atoms with Crippen LogP contribution in [0.25, 0.3) is 21.9 Å². The molecule has 2 aromatic carbocycles. The summed E-state index contributed by atoms with van der Waals surface area (Å²) >= 11 is 0. The maximum absolute atomic E-state index is 13.4. The number of carbonyl (C=O) groups excluding carboxylic acids is 3. The first-order valence-electron chi connectivity index (χ1n) is 19.4. The fourth-order valence-corrected chi connectivity index (χ4v) is 8.40. The number of anilines is 3. The number of carbonyl (C=O) groups is 3. The zero-order valence-corrected chi connectivity index (χ0v) is 30.9. The van der Waals surface area contributed by atoms with Crippen molar-refractivity contribution in [1.29, 1.82) is 0 Å². The number of nitrogens with zero attached hydrogens (tertiary/aromatic N) is 7. The lowest BCUT2D eigenvalue weighted by Gasteiger charge is -2.37. The Morgan fingerprint density at radius 2 is 1.76 bits per heavy atom. The predicted octanol–water partition coefficient (Wildman–Crippen LogP) is 5.32. The zero-order valence-electron chi connectivity index (χ0n) is 30.9. The molecular weight excluding hydrogens is 702 g/mol. The smallest absolute Gasteiger partial charge is 0.329 e. The van der Waals surface area contributed by atoms with E-state index < -0.39 is 6.03 Å². The molecule has 0 bridgehead atoms. The molecule has 0 atom stereocenters. The van der Waals surface area contributed by atoms with Crippen LogP contribution in [0.5, 0.6) is 5.75 Å². The maximum Gasteiger partial charge on any atom is 0.329 e. The normalized spacial score (nSPS) is 21.0. The molecule has 2 saturated heterocycles. The van der Waals surface area contributed by atoms with Crippen molar-refractivity contribution in [2.75, 3.05) is 61.5 Å². The van der Waals surface area contributed by atoms with E-state index in [9.17, 15) is 19.2 Å². The van der Waals surface area contributed by atoms with Crippen LogP contribution < -0.4 is 30.7 Å². The van der Waals surface area contributed by atoms with Gasteiger partial charge in [-0.25, -0.2) is 4.79 Å². The second-order valence-electron chi connectivity index (χ2n) is 15.3. The Labute approximate surface area is 317 Å². The SMILES string of the molecule is COc1cc2nn(C3CCC(CCN4CCN(c5ccc6c(N7CCC(=O)NC7=O)noc6c5)CC4)CC3)cc2cc1C(=O)Nc1cccn(C2CC2)c1=O. The highest BCUT2D eigenvalue weighted by atomic mass is 16.5. The molecule has 4 aliphatic rings. The second kappa shape index (κ2) is 14.5. The highest BCUT2D eigenvalue weighted by Gasteiger charge is 2.30. The molecule has 4 fully saturated rings. The number of fused-ring (bicyclic) bond motifs is 2. The van der Waals surface area contributed by atoms with Crippen molar-refractivity contribution in [2.45, 2.75) is 63.5 Å². The molecule has 55 heavy (non-hydrogen) atoms. The number of pyridine rings is 1. The number of rotatable bonds is 10. The number of imide groups is 1. The van der Waals surface area contributed by atoms with Gasteiger partial charge in [-0.1, -0.05) is 5.16 Å². The van der Waals surface area contributed by atoms with Crippen LogP contribution in [0.2, 0.25) is 0 Å². The topological polar surface area (TPSA) is 160 Å². The van der Waals surface area contributed by atoms with Gasteiger partial charge in [-0.3, -0.25) is 34.2 Å². The van der Waals surface area contributed by atoms with Gasteiger partial charge in [0, 0.05) is 80.8 Å². The van der Waals surface area contributed by atoms with Crippen molar-refractivity contribution in [3.05, 3.63) is 70.8 Å². The fourth-order valence-electron chi connectivity index (χ4n) is 8.40. The first-order valence-corrected chi connectivity index (χ1v) is 19.4. The molecule has 15 heteroatoms. The Morgan fingerprint density at radius 1 is 0.964 bits per heavy atom. The average Bonchev–Trinajstić information content (AvgIpc) is 3.83. The van der Waals surface area contributed by atoms with Crippen molar-refractivity contribution in [3.8, 4) is 5.75 Å². The molecule has 4 amide bonds. The highest BCUT2D eigenvalue weighted by Crippen LogP contribution is 2.37. The Balaban J connectivity index is 0.762. The van der Waals surface area contributed by atoms with Crippen LogP contribution in [0.4, 0.5) is 22.0 Å². The lowest BCUT2D eigenvalue weighted by atomic mass is 9.84. The monoisotopic (exact) mass is 747 g/mol. The third kappa shape index (κ3) is 7.04.